The molecule has 1 saturated carbocycles. The molecule has 55 heavy (non-hydrogen) atoms. The van der Waals surface area contributed by atoms with Gasteiger partial charge in [0, 0.05) is 42.3 Å². The van der Waals surface area contributed by atoms with Crippen LogP contribution in [-0.2, 0) is 30.7 Å². The van der Waals surface area contributed by atoms with Crippen molar-refractivity contribution in [2.24, 2.45) is 13.0 Å². The van der Waals surface area contributed by atoms with Gasteiger partial charge >= 0.3 is 0 Å². The number of anilines is 2. The smallest absolute Gasteiger partial charge is 0.293 e. The Morgan fingerprint density at radius 1 is 1.11 bits per heavy atom. The lowest BCUT2D eigenvalue weighted by molar-refractivity contribution is -0.123. The zero-order chi connectivity index (χ0) is 39.3. The number of fused-ring (bicyclic) bond motifs is 5. The number of halogens is 7. The number of nitrogens with one attached hydrogen (secondary N) is 2. The maximum absolute atomic E-state index is 15.4. The zero-order valence-corrected chi connectivity index (χ0v) is 30.8. The van der Waals surface area contributed by atoms with Crippen molar-refractivity contribution in [3.05, 3.63) is 81.3 Å². The van der Waals surface area contributed by atoms with Gasteiger partial charge in [0.25, 0.3) is 12.3 Å². The average molecular weight is 804 g/mol. The highest BCUT2D eigenvalue weighted by Gasteiger charge is 2.67. The highest BCUT2D eigenvalue weighted by Crippen LogP contribution is 2.68. The molecule has 1 amide bonds. The molecule has 1 fully saturated rings. The minimum Gasteiger partial charge on any atom is -0.389 e. The predicted molar refractivity (Wildman–Crippen MR) is 194 cm³/mol. The van der Waals surface area contributed by atoms with Gasteiger partial charge in [0.1, 0.15) is 29.6 Å². The predicted octanol–water partition coefficient (Wildman–Crippen LogP) is 7.38. The molecule has 0 spiro atoms. The molecule has 0 unspecified atom stereocenters. The zero-order valence-electron chi connectivity index (χ0n) is 29.3. The summed E-state index contributed by atoms with van der Waals surface area (Å²) in [7, 11) is 1.65. The Bertz CT molecular complexity index is 2510. The van der Waals surface area contributed by atoms with Gasteiger partial charge in [-0.3, -0.25) is 14.2 Å². The second-order valence-corrected chi connectivity index (χ2v) is 16.0. The Morgan fingerprint density at radius 2 is 1.84 bits per heavy atom. The van der Waals surface area contributed by atoms with E-state index in [0.29, 0.717) is 47.6 Å². The van der Waals surface area contributed by atoms with Crippen LogP contribution in [0, 0.1) is 17.6 Å². The number of aliphatic hydroxyl groups is 1. The van der Waals surface area contributed by atoms with E-state index >= 15 is 8.78 Å². The van der Waals surface area contributed by atoms with Crippen LogP contribution in [0.5, 0.6) is 0 Å². The number of aryl methyl sites for hydroxylation is 1. The van der Waals surface area contributed by atoms with Crippen molar-refractivity contribution in [3.63, 3.8) is 0 Å². The number of nitrogens with two attached hydrogens (primary N) is 1. The topological polar surface area (TPSA) is 149 Å². The third-order valence-electron chi connectivity index (χ3n) is 9.83. The van der Waals surface area contributed by atoms with Gasteiger partial charge in [-0.2, -0.15) is 19.0 Å². The van der Waals surface area contributed by atoms with E-state index in [4.69, 9.17) is 22.3 Å². The van der Waals surface area contributed by atoms with E-state index in [1.807, 2.05) is 0 Å². The minimum atomic E-state index is -3.47. The second-order valence-electron chi connectivity index (χ2n) is 14.5. The Morgan fingerprint density at radius 3 is 2.53 bits per heavy atom. The molecule has 19 heteroatoms. The largest absolute Gasteiger partial charge is 0.389 e. The Labute approximate surface area is 317 Å². The maximum Gasteiger partial charge on any atom is 0.293 e. The number of rotatable bonds is 11. The number of pyridine rings is 1. The lowest BCUT2D eigenvalue weighted by Crippen LogP contribution is -2.35. The first-order chi connectivity index (χ1) is 25.9. The number of alkyl halides is 4. The van der Waals surface area contributed by atoms with Crippen molar-refractivity contribution in [1.29, 1.82) is 0 Å². The fraction of sp³-hybridized carbons (Fsp3) is 0.361. The molecule has 4 heterocycles. The molecular weight excluding hydrogens is 772 g/mol. The first kappa shape index (κ1) is 37.0. The number of benzene rings is 2. The van der Waals surface area contributed by atoms with E-state index in [0.717, 1.165) is 12.1 Å². The molecule has 5 N–H and O–H groups in total. The monoisotopic (exact) mass is 803 g/mol. The van der Waals surface area contributed by atoms with Crippen LogP contribution in [0.3, 0.4) is 0 Å². The van der Waals surface area contributed by atoms with Gasteiger partial charge in [0.05, 0.1) is 38.0 Å². The van der Waals surface area contributed by atoms with E-state index in [-0.39, 0.29) is 47.7 Å². The van der Waals surface area contributed by atoms with Crippen molar-refractivity contribution in [3.8, 4) is 11.1 Å². The fourth-order valence-corrected chi connectivity index (χ4v) is 8.58. The number of nitrogens with zero attached hydrogens (tertiary/aromatic N) is 6. The molecule has 11 nitrogen and oxygen atoms in total. The molecule has 2 aliphatic carbocycles. The van der Waals surface area contributed by atoms with E-state index < -0.39 is 71.3 Å². The van der Waals surface area contributed by atoms with Gasteiger partial charge < -0.3 is 21.5 Å². The van der Waals surface area contributed by atoms with Crippen molar-refractivity contribution >= 4 is 61.0 Å². The number of nitrogen functional groups attached to an aromatic ring is 1. The van der Waals surface area contributed by atoms with Crippen molar-refractivity contribution in [2.75, 3.05) is 17.6 Å². The molecule has 8 rings (SSSR count). The summed E-state index contributed by atoms with van der Waals surface area (Å²) in [6.45, 7) is 2.52. The van der Waals surface area contributed by atoms with Crippen LogP contribution >= 0.6 is 22.9 Å². The lowest BCUT2D eigenvalue weighted by atomic mass is 9.94. The summed E-state index contributed by atoms with van der Waals surface area (Å²) in [4.78, 5) is 23.4. The summed E-state index contributed by atoms with van der Waals surface area (Å²) in [5, 5.41) is 25.4. The standard InChI is InChI=1S/C36H32ClF6N9O2S/c1-35(2,54)13-45-34-48-33-23(55-34)11-18(17-4-5-21(37)26-29(17)51(3)50-32(26)44)27(47-33)22(8-14-6-15(38)9-16(39)7-14)46-24(53)12-52-30-25(28(49-52)31(40)41)19-10-20(19)36(30,42)43/h4-7,9,11,19-20,22,31,54H,8,10,12-13H2,1-3H3,(H2,44,50)(H,46,53)(H,45,47,48)/t19-,20+,22-/m0/s1. The van der Waals surface area contributed by atoms with Crippen molar-refractivity contribution in [1.82, 2.24) is 34.8 Å². The van der Waals surface area contributed by atoms with Crippen molar-refractivity contribution < 1.29 is 36.2 Å². The number of thiazole rings is 1. The maximum atomic E-state index is 15.4. The first-order valence-electron chi connectivity index (χ1n) is 17.1. The highest BCUT2D eigenvalue weighted by atomic mass is 35.5. The highest BCUT2D eigenvalue weighted by molar-refractivity contribution is 7.22. The third kappa shape index (κ3) is 6.63. The molecule has 2 aromatic carbocycles. The van der Waals surface area contributed by atoms with E-state index in [1.165, 1.54) is 16.0 Å². The molecule has 0 aliphatic heterocycles. The fourth-order valence-electron chi connectivity index (χ4n) is 7.49. The van der Waals surface area contributed by atoms with Gasteiger partial charge in [-0.05, 0) is 62.4 Å². The molecular formula is C36H32ClF6N9O2S. The van der Waals surface area contributed by atoms with Crippen LogP contribution in [0.15, 0.2) is 36.4 Å². The number of amides is 1. The summed E-state index contributed by atoms with van der Waals surface area (Å²) in [6, 6.07) is 6.67. The van der Waals surface area contributed by atoms with Gasteiger partial charge in [0.2, 0.25) is 5.91 Å². The summed E-state index contributed by atoms with van der Waals surface area (Å²) in [5.41, 5.74) is 5.31. The summed E-state index contributed by atoms with van der Waals surface area (Å²) >= 11 is 7.79. The molecule has 2 aliphatic rings. The summed E-state index contributed by atoms with van der Waals surface area (Å²) in [5.74, 6) is -7.91. The number of carbonyl (C=O) groups excluding carboxylic acids is 1. The van der Waals surface area contributed by atoms with Crippen LogP contribution in [0.1, 0.15) is 66.9 Å². The van der Waals surface area contributed by atoms with Crippen LogP contribution < -0.4 is 16.4 Å². The molecule has 4 aromatic heterocycles. The van der Waals surface area contributed by atoms with Crippen LogP contribution in [0.25, 0.3) is 32.4 Å². The number of hydrogen-bond donors (Lipinski definition) is 4. The quantitative estimate of drug-likeness (QED) is 0.0992. The molecule has 3 atom stereocenters. The number of aromatic nitrogens is 6. The van der Waals surface area contributed by atoms with E-state index in [9.17, 15) is 27.5 Å². The van der Waals surface area contributed by atoms with Crippen LogP contribution in [0.4, 0.5) is 37.3 Å². The first-order valence-corrected chi connectivity index (χ1v) is 18.3. The van der Waals surface area contributed by atoms with Crippen molar-refractivity contribution in [2.45, 2.75) is 63.1 Å². The molecule has 0 saturated heterocycles. The molecule has 0 bridgehead atoms. The lowest BCUT2D eigenvalue weighted by Gasteiger charge is -2.23. The average Bonchev–Trinajstić information content (AvgIpc) is 3.37. The Balaban J connectivity index is 1.27. The molecule has 288 valence electrons. The number of carbonyl (C=O) groups is 1. The minimum absolute atomic E-state index is 0.0483. The summed E-state index contributed by atoms with van der Waals surface area (Å²) < 4.78 is 90.6. The Hall–Kier alpha value is -4.94. The van der Waals surface area contributed by atoms with Gasteiger partial charge in [-0.25, -0.2) is 27.5 Å². The normalized spacial score (nSPS) is 17.9. The van der Waals surface area contributed by atoms with Crippen LogP contribution in [-0.4, -0.2) is 52.7 Å². The molecule has 6 aromatic rings. The third-order valence-corrected chi connectivity index (χ3v) is 11.1. The van der Waals surface area contributed by atoms with Gasteiger partial charge in [-0.15, -0.1) is 0 Å². The van der Waals surface area contributed by atoms with Crippen LogP contribution in [0.2, 0.25) is 5.02 Å². The second kappa shape index (κ2) is 13.1. The Kier molecular flexibility index (Phi) is 8.80. The summed E-state index contributed by atoms with van der Waals surface area (Å²) in [6.07, 6.45) is -3.35. The molecule has 0 radical (unpaired) electrons. The SMILES string of the molecule is Cn1nc(N)c2c(Cl)ccc(-c3cc4sc(NCC(C)(C)O)nc4nc3[C@H](Cc3cc(F)cc(F)c3)NC(=O)Cn3nc(C(F)F)c4c3C(F)(F)[C@@H]3C[C@H]43)c21. The van der Waals surface area contributed by atoms with Gasteiger partial charge in [-0.1, -0.05) is 29.0 Å². The van der Waals surface area contributed by atoms with Gasteiger partial charge in [0.15, 0.2) is 16.6 Å². The van der Waals surface area contributed by atoms with E-state index in [2.05, 4.69) is 25.8 Å². The number of hydrogen-bond acceptors (Lipinski definition) is 9. The van der Waals surface area contributed by atoms with E-state index in [1.54, 1.807) is 39.1 Å².